The monoisotopic (exact) mass is 853 g/mol. The van der Waals surface area contributed by atoms with Gasteiger partial charge in [-0.1, -0.05) is 176 Å². The Balaban J connectivity index is 0.850. The molecule has 13 rings (SSSR count). The molecule has 0 unspecified atom stereocenters. The highest BCUT2D eigenvalue weighted by atomic mass is 15.1. The van der Waals surface area contributed by atoms with Gasteiger partial charge in [-0.25, -0.2) is 0 Å². The maximum atomic E-state index is 2.38. The third-order valence-electron chi connectivity index (χ3n) is 13.6. The first-order valence-electron chi connectivity index (χ1n) is 23.0. The first-order valence-corrected chi connectivity index (χ1v) is 23.0. The normalized spacial score (nSPS) is 11.6. The molecule has 0 amide bonds. The van der Waals surface area contributed by atoms with Crippen LogP contribution < -0.4 is 4.90 Å². The summed E-state index contributed by atoms with van der Waals surface area (Å²) in [4.78, 5) is 2.36. The summed E-state index contributed by atoms with van der Waals surface area (Å²) < 4.78 is 4.75. The molecule has 2 aromatic heterocycles. The summed E-state index contributed by atoms with van der Waals surface area (Å²) in [5.41, 5.74) is 17.5. The minimum Gasteiger partial charge on any atom is -0.311 e. The van der Waals surface area contributed by atoms with E-state index in [1.807, 2.05) is 0 Å². The van der Waals surface area contributed by atoms with Gasteiger partial charge < -0.3 is 14.0 Å². The van der Waals surface area contributed by atoms with Gasteiger partial charge in [0.2, 0.25) is 0 Å². The van der Waals surface area contributed by atoms with Crippen molar-refractivity contribution in [3.8, 4) is 44.8 Å². The van der Waals surface area contributed by atoms with Gasteiger partial charge in [-0.2, -0.15) is 0 Å². The molecule has 0 aliphatic rings. The van der Waals surface area contributed by atoms with Crippen molar-refractivity contribution < 1.29 is 0 Å². The van der Waals surface area contributed by atoms with Gasteiger partial charge in [0.1, 0.15) is 0 Å². The van der Waals surface area contributed by atoms with Crippen LogP contribution >= 0.6 is 0 Å². The van der Waals surface area contributed by atoms with Gasteiger partial charge in [-0.3, -0.25) is 0 Å². The lowest BCUT2D eigenvalue weighted by Gasteiger charge is -2.26. The quantitative estimate of drug-likeness (QED) is 0.148. The van der Waals surface area contributed by atoms with E-state index in [1.54, 1.807) is 0 Å². The van der Waals surface area contributed by atoms with Crippen LogP contribution in [0, 0.1) is 0 Å². The van der Waals surface area contributed by atoms with E-state index in [0.29, 0.717) is 0 Å². The molecule has 3 nitrogen and oxygen atoms in total. The van der Waals surface area contributed by atoms with E-state index in [0.717, 1.165) is 28.4 Å². The largest absolute Gasteiger partial charge is 0.311 e. The lowest BCUT2D eigenvalue weighted by Crippen LogP contribution is -2.10. The van der Waals surface area contributed by atoms with Crippen LogP contribution in [0.1, 0.15) is 0 Å². The molecule has 0 fully saturated rings. The zero-order valence-corrected chi connectivity index (χ0v) is 36.7. The molecule has 0 bridgehead atoms. The maximum Gasteiger partial charge on any atom is 0.0541 e. The number of aromatic nitrogens is 2. The van der Waals surface area contributed by atoms with Crippen LogP contribution in [0.25, 0.3) is 99.1 Å². The van der Waals surface area contributed by atoms with Gasteiger partial charge >= 0.3 is 0 Å². The second-order valence-electron chi connectivity index (χ2n) is 17.3. The molecule has 0 aliphatic carbocycles. The molecule has 314 valence electrons. The molecule has 0 aliphatic heterocycles. The minimum absolute atomic E-state index is 1.08. The molecule has 3 heteroatoms. The molecule has 0 saturated carbocycles. The second-order valence-corrected chi connectivity index (χ2v) is 17.3. The molecule has 0 N–H and O–H groups in total. The highest BCUT2D eigenvalue weighted by molar-refractivity contribution is 6.10. The Kier molecular flexibility index (Phi) is 9.17. The average Bonchev–Trinajstić information content (AvgIpc) is 3.92. The number of para-hydroxylation sites is 4. The standard InChI is InChI=1S/C64H43N3/c1-2-14-55-48(12-1)13-11-19-56(55)49-26-24-44(25-27-49)45-28-34-50(35-29-45)65(52-40-42-54(43-41-52)67-63-22-9-5-17-59(63)60-18-6-10-23-64(60)67)51-36-30-46(31-37-51)47-32-38-53(39-33-47)66-61-20-7-3-15-57(61)58-16-4-8-21-62(58)66/h1-43H. The molecule has 11 aromatic carbocycles. The summed E-state index contributed by atoms with van der Waals surface area (Å²) >= 11 is 0. The van der Waals surface area contributed by atoms with Gasteiger partial charge in [0.25, 0.3) is 0 Å². The molecular weight excluding hydrogens is 811 g/mol. The molecular formula is C64H43N3. The first-order chi connectivity index (χ1) is 33.2. The Morgan fingerprint density at radius 1 is 0.224 bits per heavy atom. The van der Waals surface area contributed by atoms with Crippen molar-refractivity contribution in [1.82, 2.24) is 9.13 Å². The predicted molar refractivity (Wildman–Crippen MR) is 284 cm³/mol. The Labute approximate surface area is 389 Å². The van der Waals surface area contributed by atoms with E-state index >= 15 is 0 Å². The number of benzene rings is 11. The van der Waals surface area contributed by atoms with Crippen LogP contribution in [-0.4, -0.2) is 9.13 Å². The van der Waals surface area contributed by atoms with Crippen molar-refractivity contribution in [2.24, 2.45) is 0 Å². The zero-order chi connectivity index (χ0) is 44.3. The van der Waals surface area contributed by atoms with Gasteiger partial charge in [0.15, 0.2) is 0 Å². The molecule has 0 spiro atoms. The van der Waals surface area contributed by atoms with Crippen LogP contribution in [0.5, 0.6) is 0 Å². The fourth-order valence-corrected chi connectivity index (χ4v) is 10.3. The van der Waals surface area contributed by atoms with Crippen LogP contribution in [0.15, 0.2) is 261 Å². The Morgan fingerprint density at radius 3 is 0.955 bits per heavy atom. The average molecular weight is 854 g/mol. The van der Waals surface area contributed by atoms with Crippen LogP contribution in [0.4, 0.5) is 17.1 Å². The Bertz CT molecular complexity index is 3820. The predicted octanol–water partition coefficient (Wildman–Crippen LogP) is 17.5. The number of anilines is 3. The first kappa shape index (κ1) is 38.5. The van der Waals surface area contributed by atoms with Crippen molar-refractivity contribution >= 4 is 71.4 Å². The van der Waals surface area contributed by atoms with Crippen molar-refractivity contribution in [3.63, 3.8) is 0 Å². The van der Waals surface area contributed by atoms with E-state index in [4.69, 9.17) is 0 Å². The molecule has 0 atom stereocenters. The zero-order valence-electron chi connectivity index (χ0n) is 36.7. The highest BCUT2D eigenvalue weighted by Crippen LogP contribution is 2.40. The van der Waals surface area contributed by atoms with Crippen molar-refractivity contribution in [2.75, 3.05) is 4.90 Å². The van der Waals surface area contributed by atoms with E-state index in [9.17, 15) is 0 Å². The topological polar surface area (TPSA) is 13.1 Å². The summed E-state index contributed by atoms with van der Waals surface area (Å²) in [6.45, 7) is 0. The van der Waals surface area contributed by atoms with Crippen molar-refractivity contribution in [1.29, 1.82) is 0 Å². The van der Waals surface area contributed by atoms with Gasteiger partial charge in [0, 0.05) is 50.0 Å². The third-order valence-corrected chi connectivity index (χ3v) is 13.6. The number of hydrogen-bond donors (Lipinski definition) is 0. The third kappa shape index (κ3) is 6.59. The Hall–Kier alpha value is -8.92. The summed E-state index contributed by atoms with van der Waals surface area (Å²) in [6, 6.07) is 94.8. The summed E-state index contributed by atoms with van der Waals surface area (Å²) in [7, 11) is 0. The van der Waals surface area contributed by atoms with Gasteiger partial charge in [-0.15, -0.1) is 0 Å². The number of rotatable bonds is 8. The van der Waals surface area contributed by atoms with E-state index in [-0.39, 0.29) is 0 Å². The number of fused-ring (bicyclic) bond motifs is 7. The number of hydrogen-bond acceptors (Lipinski definition) is 1. The van der Waals surface area contributed by atoms with Gasteiger partial charge in [0.05, 0.1) is 22.1 Å². The molecule has 13 aromatic rings. The Morgan fingerprint density at radius 2 is 0.522 bits per heavy atom. The van der Waals surface area contributed by atoms with E-state index in [2.05, 4.69) is 275 Å². The smallest absolute Gasteiger partial charge is 0.0541 e. The fraction of sp³-hybridized carbons (Fsp3) is 0. The fourth-order valence-electron chi connectivity index (χ4n) is 10.3. The van der Waals surface area contributed by atoms with E-state index in [1.165, 1.54) is 87.8 Å². The van der Waals surface area contributed by atoms with Crippen LogP contribution in [0.3, 0.4) is 0 Å². The molecule has 0 radical (unpaired) electrons. The highest BCUT2D eigenvalue weighted by Gasteiger charge is 2.17. The molecule has 67 heavy (non-hydrogen) atoms. The molecule has 2 heterocycles. The minimum atomic E-state index is 1.08. The maximum absolute atomic E-state index is 2.38. The van der Waals surface area contributed by atoms with Crippen molar-refractivity contribution in [2.45, 2.75) is 0 Å². The number of nitrogens with zero attached hydrogens (tertiary/aromatic N) is 3. The molecule has 0 saturated heterocycles. The second kappa shape index (κ2) is 16.0. The van der Waals surface area contributed by atoms with Crippen LogP contribution in [-0.2, 0) is 0 Å². The van der Waals surface area contributed by atoms with E-state index < -0.39 is 0 Å². The summed E-state index contributed by atoms with van der Waals surface area (Å²) in [6.07, 6.45) is 0. The SMILES string of the molecule is c1ccc2c(-c3ccc(-c4ccc(N(c5ccc(-c6ccc(-n7c8ccccc8c8ccccc87)cc6)cc5)c5ccc(-n6c7ccccc7c7ccccc76)cc5)cc4)cc3)cccc2c1. The summed E-state index contributed by atoms with van der Waals surface area (Å²) in [5, 5.41) is 7.58. The lowest BCUT2D eigenvalue weighted by molar-refractivity contribution is 1.17. The van der Waals surface area contributed by atoms with Crippen LogP contribution in [0.2, 0.25) is 0 Å². The lowest BCUT2D eigenvalue weighted by atomic mass is 9.96. The summed E-state index contributed by atoms with van der Waals surface area (Å²) in [5.74, 6) is 0. The van der Waals surface area contributed by atoms with Crippen molar-refractivity contribution in [3.05, 3.63) is 261 Å². The van der Waals surface area contributed by atoms with Gasteiger partial charge in [-0.05, 0) is 129 Å².